The van der Waals surface area contributed by atoms with Crippen LogP contribution in [-0.2, 0) is 9.84 Å². The van der Waals surface area contributed by atoms with Crippen molar-refractivity contribution in [1.29, 1.82) is 0 Å². The van der Waals surface area contributed by atoms with Crippen molar-refractivity contribution in [2.24, 2.45) is 0 Å². The molecule has 21 heavy (non-hydrogen) atoms. The number of anilines is 1. The van der Waals surface area contributed by atoms with Crippen LogP contribution in [0.3, 0.4) is 0 Å². The number of sulfone groups is 1. The lowest BCUT2D eigenvalue weighted by Crippen LogP contribution is -2.27. The summed E-state index contributed by atoms with van der Waals surface area (Å²) in [5.41, 5.74) is 0.266. The highest BCUT2D eigenvalue weighted by Gasteiger charge is 2.27. The van der Waals surface area contributed by atoms with E-state index in [9.17, 15) is 12.8 Å². The Morgan fingerprint density at radius 1 is 1.29 bits per heavy atom. The zero-order valence-corrected chi connectivity index (χ0v) is 12.5. The van der Waals surface area contributed by atoms with Crippen molar-refractivity contribution in [3.8, 4) is 0 Å². The normalized spacial score (nSPS) is 22.2. The number of hydrogen-bond donors (Lipinski definition) is 0. The van der Waals surface area contributed by atoms with E-state index in [1.807, 2.05) is 4.90 Å². The van der Waals surface area contributed by atoms with E-state index in [1.165, 1.54) is 12.4 Å². The summed E-state index contributed by atoms with van der Waals surface area (Å²) < 4.78 is 37.7. The van der Waals surface area contributed by atoms with Crippen molar-refractivity contribution in [1.82, 2.24) is 9.97 Å². The van der Waals surface area contributed by atoms with Gasteiger partial charge in [-0.05, 0) is 25.5 Å². The molecule has 112 valence electrons. The highest BCUT2D eigenvalue weighted by molar-refractivity contribution is 7.92. The number of halogens is 1. The molecule has 0 N–H and O–H groups in total. The second-order valence-corrected chi connectivity index (χ2v) is 7.83. The van der Waals surface area contributed by atoms with E-state index in [0.29, 0.717) is 30.7 Å². The standard InChI is InChI=1S/C14H16FN3O2S/c1-10-5-6-18(7-8-21(10,19)20)14-11-3-2-4-12(15)13(11)16-9-17-14/h2-4,9-10H,5-8H2,1H3. The van der Waals surface area contributed by atoms with Crippen molar-refractivity contribution in [2.75, 3.05) is 23.7 Å². The lowest BCUT2D eigenvalue weighted by atomic mass is 10.2. The molecule has 1 aliphatic rings. The summed E-state index contributed by atoms with van der Waals surface area (Å²) in [4.78, 5) is 10.1. The Bertz CT molecular complexity index is 779. The Kier molecular flexibility index (Phi) is 3.52. The first-order valence-corrected chi connectivity index (χ1v) is 8.56. The molecule has 1 saturated heterocycles. The summed E-state index contributed by atoms with van der Waals surface area (Å²) >= 11 is 0. The maximum absolute atomic E-state index is 13.8. The monoisotopic (exact) mass is 309 g/mol. The molecule has 1 aromatic heterocycles. The van der Waals surface area contributed by atoms with Crippen LogP contribution in [-0.4, -0.2) is 42.5 Å². The van der Waals surface area contributed by atoms with Crippen LogP contribution in [0.15, 0.2) is 24.5 Å². The van der Waals surface area contributed by atoms with Crippen molar-refractivity contribution in [2.45, 2.75) is 18.6 Å². The second kappa shape index (κ2) is 5.22. The van der Waals surface area contributed by atoms with Gasteiger partial charge in [0, 0.05) is 18.5 Å². The second-order valence-electron chi connectivity index (χ2n) is 5.29. The van der Waals surface area contributed by atoms with E-state index >= 15 is 0 Å². The zero-order chi connectivity index (χ0) is 15.0. The van der Waals surface area contributed by atoms with Crippen LogP contribution < -0.4 is 4.90 Å². The molecule has 0 aliphatic carbocycles. The van der Waals surface area contributed by atoms with Gasteiger partial charge < -0.3 is 4.90 Å². The summed E-state index contributed by atoms with van der Waals surface area (Å²) in [5, 5.41) is 0.261. The van der Waals surface area contributed by atoms with Crippen molar-refractivity contribution in [3.63, 3.8) is 0 Å². The van der Waals surface area contributed by atoms with Gasteiger partial charge in [0.15, 0.2) is 9.84 Å². The minimum Gasteiger partial charge on any atom is -0.355 e. The van der Waals surface area contributed by atoms with Gasteiger partial charge in [-0.25, -0.2) is 22.8 Å². The third kappa shape index (κ3) is 2.57. The van der Waals surface area contributed by atoms with Crippen LogP contribution in [0, 0.1) is 5.82 Å². The average molecular weight is 309 g/mol. The molecule has 0 radical (unpaired) electrons. The largest absolute Gasteiger partial charge is 0.355 e. The molecule has 0 amide bonds. The van der Waals surface area contributed by atoms with Crippen LogP contribution in [0.1, 0.15) is 13.3 Å². The molecule has 7 heteroatoms. The summed E-state index contributed by atoms with van der Waals surface area (Å²) in [6, 6.07) is 4.73. The molecular formula is C14H16FN3O2S. The molecule has 1 atom stereocenters. The van der Waals surface area contributed by atoms with Gasteiger partial charge in [-0.3, -0.25) is 0 Å². The average Bonchev–Trinajstić information content (AvgIpc) is 2.59. The first-order chi connectivity index (χ1) is 9.99. The van der Waals surface area contributed by atoms with Gasteiger partial charge in [-0.15, -0.1) is 0 Å². The van der Waals surface area contributed by atoms with Gasteiger partial charge in [0.25, 0.3) is 0 Å². The Morgan fingerprint density at radius 3 is 2.90 bits per heavy atom. The highest BCUT2D eigenvalue weighted by Crippen LogP contribution is 2.26. The number of aromatic nitrogens is 2. The number of benzene rings is 1. The van der Waals surface area contributed by atoms with Gasteiger partial charge >= 0.3 is 0 Å². The lowest BCUT2D eigenvalue weighted by molar-refractivity contribution is 0.584. The van der Waals surface area contributed by atoms with Crippen molar-refractivity contribution >= 4 is 26.6 Å². The maximum atomic E-state index is 13.8. The summed E-state index contributed by atoms with van der Waals surface area (Å²) in [7, 11) is -3.06. The number of nitrogens with zero attached hydrogens (tertiary/aromatic N) is 3. The van der Waals surface area contributed by atoms with Crippen LogP contribution in [0.2, 0.25) is 0 Å². The molecule has 0 bridgehead atoms. The van der Waals surface area contributed by atoms with E-state index in [1.54, 1.807) is 19.1 Å². The summed E-state index contributed by atoms with van der Waals surface area (Å²) in [6.07, 6.45) is 1.87. The molecule has 0 spiro atoms. The molecule has 3 rings (SSSR count). The first kappa shape index (κ1) is 14.2. The Morgan fingerprint density at radius 2 is 2.10 bits per heavy atom. The Balaban J connectivity index is 2.03. The van der Waals surface area contributed by atoms with Crippen LogP contribution in [0.5, 0.6) is 0 Å². The predicted octanol–water partition coefficient (Wildman–Crippen LogP) is 1.78. The fraction of sp³-hybridized carbons (Fsp3) is 0.429. The number of hydrogen-bond acceptors (Lipinski definition) is 5. The first-order valence-electron chi connectivity index (χ1n) is 6.85. The smallest absolute Gasteiger partial charge is 0.154 e. The molecule has 1 fully saturated rings. The van der Waals surface area contributed by atoms with Crippen LogP contribution in [0.4, 0.5) is 10.2 Å². The minimum absolute atomic E-state index is 0.0922. The molecule has 1 unspecified atom stereocenters. The number of para-hydroxylation sites is 1. The third-order valence-corrected chi connectivity index (χ3v) is 6.17. The van der Waals surface area contributed by atoms with E-state index in [-0.39, 0.29) is 16.5 Å². The quantitative estimate of drug-likeness (QED) is 0.803. The molecule has 5 nitrogen and oxygen atoms in total. The zero-order valence-electron chi connectivity index (χ0n) is 11.7. The minimum atomic E-state index is -3.06. The van der Waals surface area contributed by atoms with Gasteiger partial charge in [-0.2, -0.15) is 0 Å². The molecule has 2 heterocycles. The van der Waals surface area contributed by atoms with E-state index < -0.39 is 15.7 Å². The maximum Gasteiger partial charge on any atom is 0.154 e. The molecule has 1 aromatic carbocycles. The molecular weight excluding hydrogens is 293 g/mol. The topological polar surface area (TPSA) is 63.2 Å². The summed E-state index contributed by atoms with van der Waals surface area (Å²) in [5.74, 6) is 0.297. The molecule has 0 saturated carbocycles. The van der Waals surface area contributed by atoms with Gasteiger partial charge in [0.1, 0.15) is 23.5 Å². The number of fused-ring (bicyclic) bond motifs is 1. The van der Waals surface area contributed by atoms with E-state index in [0.717, 1.165) is 0 Å². The predicted molar refractivity (Wildman–Crippen MR) is 79.6 cm³/mol. The van der Waals surface area contributed by atoms with Crippen LogP contribution in [0.25, 0.3) is 10.9 Å². The van der Waals surface area contributed by atoms with Crippen LogP contribution >= 0.6 is 0 Å². The highest BCUT2D eigenvalue weighted by atomic mass is 32.2. The SMILES string of the molecule is CC1CCN(c2ncnc3c(F)cccc23)CCS1(=O)=O. The van der Waals surface area contributed by atoms with Crippen molar-refractivity contribution in [3.05, 3.63) is 30.3 Å². The van der Waals surface area contributed by atoms with Crippen molar-refractivity contribution < 1.29 is 12.8 Å². The van der Waals surface area contributed by atoms with E-state index in [4.69, 9.17) is 0 Å². The fourth-order valence-corrected chi connectivity index (χ4v) is 3.91. The number of rotatable bonds is 1. The summed E-state index contributed by atoms with van der Waals surface area (Å²) in [6.45, 7) is 2.69. The van der Waals surface area contributed by atoms with Gasteiger partial charge in [0.2, 0.25) is 0 Å². The van der Waals surface area contributed by atoms with Gasteiger partial charge in [-0.1, -0.05) is 6.07 Å². The lowest BCUT2D eigenvalue weighted by Gasteiger charge is -2.22. The molecule has 2 aromatic rings. The van der Waals surface area contributed by atoms with Gasteiger partial charge in [0.05, 0.1) is 11.0 Å². The Labute approximate surface area is 122 Å². The fourth-order valence-electron chi connectivity index (χ4n) is 2.57. The van der Waals surface area contributed by atoms with E-state index in [2.05, 4.69) is 9.97 Å². The molecule has 1 aliphatic heterocycles. The Hall–Kier alpha value is -1.76. The third-order valence-electron chi connectivity index (χ3n) is 3.96.